The van der Waals surface area contributed by atoms with E-state index >= 15 is 0 Å². The molecule has 0 aromatic heterocycles. The Hall–Kier alpha value is -3.63. The first kappa shape index (κ1) is 28.9. The second-order valence-corrected chi connectivity index (χ2v) is 9.86. The fraction of sp³-hybridized carbons (Fsp3) is 0.321. The Morgan fingerprint density at radius 2 is 1.58 bits per heavy atom. The van der Waals surface area contributed by atoms with E-state index in [1.807, 2.05) is 26.0 Å². The third kappa shape index (κ3) is 8.74. The molecule has 3 rings (SSSR count). The van der Waals surface area contributed by atoms with Crippen molar-refractivity contribution in [1.82, 2.24) is 10.6 Å². The summed E-state index contributed by atoms with van der Waals surface area (Å²) >= 11 is 0. The second-order valence-electron chi connectivity index (χ2n) is 9.86. The Bertz CT molecular complexity index is 1260. The molecule has 3 aromatic rings. The second kappa shape index (κ2) is 11.8. The van der Waals surface area contributed by atoms with E-state index in [1.54, 1.807) is 12.1 Å². The van der Waals surface area contributed by atoms with Gasteiger partial charge in [-0.1, -0.05) is 24.3 Å². The smallest absolute Gasteiger partial charge is 0.416 e. The summed E-state index contributed by atoms with van der Waals surface area (Å²) in [5.41, 5.74) is 0.410. The molecule has 0 saturated heterocycles. The Balaban J connectivity index is 1.55. The number of amides is 1. The van der Waals surface area contributed by atoms with Crippen LogP contribution in [0.25, 0.3) is 0 Å². The molecule has 0 saturated carbocycles. The van der Waals surface area contributed by atoms with Gasteiger partial charge in [0.2, 0.25) is 5.91 Å². The van der Waals surface area contributed by atoms with Crippen LogP contribution in [0, 0.1) is 5.82 Å². The van der Waals surface area contributed by atoms with Crippen LogP contribution in [0.2, 0.25) is 0 Å². The number of phenolic OH excluding ortho intramolecular Hbond substituents is 2. The number of aliphatic hydroxyl groups is 1. The van der Waals surface area contributed by atoms with Gasteiger partial charge in [0.1, 0.15) is 17.3 Å². The van der Waals surface area contributed by atoms with Crippen molar-refractivity contribution in [2.45, 2.75) is 51.1 Å². The summed E-state index contributed by atoms with van der Waals surface area (Å²) in [5.74, 6) is -1.75. The predicted octanol–water partition coefficient (Wildman–Crippen LogP) is 4.76. The molecule has 10 heteroatoms. The third-order valence-electron chi connectivity index (χ3n) is 5.86. The Labute approximate surface area is 218 Å². The van der Waals surface area contributed by atoms with E-state index in [1.165, 1.54) is 18.2 Å². The number of benzene rings is 3. The largest absolute Gasteiger partial charge is 0.508 e. The SMILES string of the molecule is CC(C)(Cc1cccc(CC(=O)NCc2cc(F)cc(C(F)(F)F)c2)c1)NCC(O)c1cc(O)cc(O)c1. The average Bonchev–Trinajstić information content (AvgIpc) is 2.80. The molecule has 1 atom stereocenters. The summed E-state index contributed by atoms with van der Waals surface area (Å²) in [6.45, 7) is 3.80. The zero-order valence-corrected chi connectivity index (χ0v) is 20.9. The van der Waals surface area contributed by atoms with Crippen molar-refractivity contribution in [1.29, 1.82) is 0 Å². The van der Waals surface area contributed by atoms with E-state index in [2.05, 4.69) is 10.6 Å². The highest BCUT2D eigenvalue weighted by molar-refractivity contribution is 5.78. The van der Waals surface area contributed by atoms with Gasteiger partial charge in [-0.25, -0.2) is 4.39 Å². The number of rotatable bonds is 10. The van der Waals surface area contributed by atoms with Gasteiger partial charge in [-0.15, -0.1) is 0 Å². The van der Waals surface area contributed by atoms with Gasteiger partial charge < -0.3 is 26.0 Å². The van der Waals surface area contributed by atoms with Gasteiger partial charge >= 0.3 is 6.18 Å². The van der Waals surface area contributed by atoms with Crippen molar-refractivity contribution in [2.75, 3.05) is 6.54 Å². The summed E-state index contributed by atoms with van der Waals surface area (Å²) in [6, 6.07) is 13.4. The van der Waals surface area contributed by atoms with E-state index in [9.17, 15) is 37.7 Å². The number of β-amino-alcohol motifs (C(OH)–C–C–N with tert-alkyl or cyclic N) is 1. The van der Waals surface area contributed by atoms with Crippen LogP contribution >= 0.6 is 0 Å². The molecule has 204 valence electrons. The zero-order valence-electron chi connectivity index (χ0n) is 20.9. The Kier molecular flexibility index (Phi) is 9.01. The lowest BCUT2D eigenvalue weighted by atomic mass is 9.93. The maximum absolute atomic E-state index is 13.6. The molecular formula is C28H30F4N2O4. The first-order valence-electron chi connectivity index (χ1n) is 11.9. The molecule has 0 aliphatic rings. The van der Waals surface area contributed by atoms with Gasteiger partial charge in [-0.3, -0.25) is 4.79 Å². The third-order valence-corrected chi connectivity index (χ3v) is 5.86. The zero-order chi connectivity index (χ0) is 28.1. The van der Waals surface area contributed by atoms with Crippen LogP contribution in [-0.4, -0.2) is 33.3 Å². The number of nitrogens with one attached hydrogen (secondary N) is 2. The lowest BCUT2D eigenvalue weighted by Crippen LogP contribution is -2.43. The molecule has 1 unspecified atom stereocenters. The van der Waals surface area contributed by atoms with Gasteiger partial charge in [0, 0.05) is 24.7 Å². The summed E-state index contributed by atoms with van der Waals surface area (Å²) in [4.78, 5) is 12.4. The number of phenols is 2. The van der Waals surface area contributed by atoms with Crippen LogP contribution in [0.4, 0.5) is 17.6 Å². The van der Waals surface area contributed by atoms with E-state index in [4.69, 9.17) is 0 Å². The molecule has 0 aliphatic heterocycles. The number of aliphatic hydroxyl groups excluding tert-OH is 1. The van der Waals surface area contributed by atoms with Crippen LogP contribution in [0.5, 0.6) is 11.5 Å². The minimum atomic E-state index is -4.69. The monoisotopic (exact) mass is 534 g/mol. The van der Waals surface area contributed by atoms with Crippen molar-refractivity contribution in [2.24, 2.45) is 0 Å². The van der Waals surface area contributed by atoms with Crippen molar-refractivity contribution < 1.29 is 37.7 Å². The number of aromatic hydroxyl groups is 2. The topological polar surface area (TPSA) is 102 Å². The van der Waals surface area contributed by atoms with Crippen molar-refractivity contribution in [3.8, 4) is 11.5 Å². The number of alkyl halides is 3. The molecule has 0 heterocycles. The van der Waals surface area contributed by atoms with Gasteiger partial charge in [0.25, 0.3) is 0 Å². The number of carbonyl (C=O) groups is 1. The quantitative estimate of drug-likeness (QED) is 0.242. The van der Waals surface area contributed by atoms with Crippen LogP contribution in [0.1, 0.15) is 47.8 Å². The molecule has 0 bridgehead atoms. The standard InChI is InChI=1S/C28H30F4N2O4/c1-27(2,34-16-25(37)20-10-23(35)13-24(36)11-20)14-18-5-3-4-17(6-18)9-26(38)33-15-19-7-21(28(30,31)32)12-22(29)8-19/h3-8,10-13,25,34-37H,9,14-16H2,1-2H3,(H,33,38). The predicted molar refractivity (Wildman–Crippen MR) is 134 cm³/mol. The minimum absolute atomic E-state index is 0.00960. The maximum atomic E-state index is 13.6. The van der Waals surface area contributed by atoms with Crippen LogP contribution in [0.15, 0.2) is 60.7 Å². The molecule has 0 radical (unpaired) electrons. The van der Waals surface area contributed by atoms with E-state index < -0.39 is 35.1 Å². The van der Waals surface area contributed by atoms with Crippen molar-refractivity contribution >= 4 is 5.91 Å². The fourth-order valence-electron chi connectivity index (χ4n) is 4.09. The highest BCUT2D eigenvalue weighted by atomic mass is 19.4. The van der Waals surface area contributed by atoms with Crippen LogP contribution < -0.4 is 10.6 Å². The van der Waals surface area contributed by atoms with Gasteiger partial charge in [-0.05, 0) is 72.9 Å². The minimum Gasteiger partial charge on any atom is -0.508 e. The van der Waals surface area contributed by atoms with Gasteiger partial charge in [0.15, 0.2) is 0 Å². The average molecular weight is 535 g/mol. The summed E-state index contributed by atoms with van der Waals surface area (Å²) in [5, 5.41) is 35.5. The molecule has 6 nitrogen and oxygen atoms in total. The summed E-state index contributed by atoms with van der Waals surface area (Å²) < 4.78 is 52.3. The van der Waals surface area contributed by atoms with Crippen molar-refractivity contribution in [3.05, 3.63) is 94.3 Å². The van der Waals surface area contributed by atoms with E-state index in [0.717, 1.165) is 17.7 Å². The molecule has 0 aliphatic carbocycles. The Morgan fingerprint density at radius 1 is 0.921 bits per heavy atom. The first-order valence-corrected chi connectivity index (χ1v) is 11.9. The highest BCUT2D eigenvalue weighted by Gasteiger charge is 2.31. The molecule has 3 aromatic carbocycles. The van der Waals surface area contributed by atoms with E-state index in [0.29, 0.717) is 23.6 Å². The lowest BCUT2D eigenvalue weighted by molar-refractivity contribution is -0.137. The van der Waals surface area contributed by atoms with Crippen molar-refractivity contribution in [3.63, 3.8) is 0 Å². The molecule has 5 N–H and O–H groups in total. The highest BCUT2D eigenvalue weighted by Crippen LogP contribution is 2.30. The number of hydrogen-bond donors (Lipinski definition) is 5. The van der Waals surface area contributed by atoms with Crippen LogP contribution in [-0.2, 0) is 30.4 Å². The maximum Gasteiger partial charge on any atom is 0.416 e. The molecule has 0 spiro atoms. The summed E-state index contributed by atoms with van der Waals surface area (Å²) in [7, 11) is 0. The first-order chi connectivity index (χ1) is 17.7. The van der Waals surface area contributed by atoms with Crippen LogP contribution in [0.3, 0.4) is 0 Å². The summed E-state index contributed by atoms with van der Waals surface area (Å²) in [6.07, 6.45) is -5.12. The normalized spacial score (nSPS) is 12.8. The lowest BCUT2D eigenvalue weighted by Gasteiger charge is -2.28. The molecular weight excluding hydrogens is 504 g/mol. The molecule has 38 heavy (non-hydrogen) atoms. The van der Waals surface area contributed by atoms with E-state index in [-0.39, 0.29) is 36.6 Å². The Morgan fingerprint density at radius 3 is 2.24 bits per heavy atom. The molecule has 1 amide bonds. The number of halogens is 4. The van der Waals surface area contributed by atoms with Gasteiger partial charge in [0.05, 0.1) is 18.1 Å². The number of carbonyl (C=O) groups excluding carboxylic acids is 1. The van der Waals surface area contributed by atoms with Gasteiger partial charge in [-0.2, -0.15) is 13.2 Å². The fourth-order valence-corrected chi connectivity index (χ4v) is 4.09. The number of hydrogen-bond acceptors (Lipinski definition) is 5. The molecule has 0 fully saturated rings.